The van der Waals surface area contributed by atoms with Crippen molar-refractivity contribution in [3.63, 3.8) is 0 Å². The third-order valence-electron chi connectivity index (χ3n) is 5.52. The number of hydrogen-bond acceptors (Lipinski definition) is 4. The molecular weight excluding hydrogens is 459 g/mol. The van der Waals surface area contributed by atoms with Crippen LogP contribution in [0.1, 0.15) is 36.0 Å². The van der Waals surface area contributed by atoms with Gasteiger partial charge in [0, 0.05) is 42.3 Å². The highest BCUT2D eigenvalue weighted by Crippen LogP contribution is 2.38. The molecule has 0 N–H and O–H groups in total. The minimum Gasteiger partial charge on any atom is -0.457 e. The number of amides is 1. The van der Waals surface area contributed by atoms with E-state index in [1.54, 1.807) is 31.2 Å². The minimum atomic E-state index is -4.57. The second-order valence-electron chi connectivity index (χ2n) is 7.58. The first kappa shape index (κ1) is 24.8. The predicted octanol–water partition coefficient (Wildman–Crippen LogP) is 5.34. The lowest BCUT2D eigenvalue weighted by Crippen LogP contribution is -2.40. The molecule has 0 fully saturated rings. The van der Waals surface area contributed by atoms with Crippen molar-refractivity contribution in [1.82, 2.24) is 4.90 Å². The van der Waals surface area contributed by atoms with Crippen LogP contribution in [0, 0.1) is 0 Å². The number of halogens is 4. The van der Waals surface area contributed by atoms with Gasteiger partial charge in [-0.25, -0.2) is 4.79 Å². The summed E-state index contributed by atoms with van der Waals surface area (Å²) in [5.74, 6) is -1.58. The Morgan fingerprint density at radius 3 is 2.45 bits per heavy atom. The average molecular weight is 482 g/mol. The van der Waals surface area contributed by atoms with Gasteiger partial charge in [0.25, 0.3) is 0 Å². The molecule has 1 atom stereocenters. The van der Waals surface area contributed by atoms with Crippen LogP contribution in [0.25, 0.3) is 0 Å². The second kappa shape index (κ2) is 10.4. The summed E-state index contributed by atoms with van der Waals surface area (Å²) in [5, 5.41) is 0.496. The molecule has 1 unspecified atom stereocenters. The Morgan fingerprint density at radius 1 is 1.15 bits per heavy atom. The standard InChI is InChI=1S/C24H23ClF3NO4/c1-15-22(23(31)33-14-17-5-3-4-6-20(17)24(26,27)28)19(16-7-9-18(25)10-8-16)13-21(30)29(15)11-12-32-2/h3-10,19H,11-14H2,1-2H3. The van der Waals surface area contributed by atoms with Crippen LogP contribution in [-0.4, -0.2) is 37.0 Å². The van der Waals surface area contributed by atoms with Gasteiger partial charge in [0.2, 0.25) is 5.91 Å². The first-order chi connectivity index (χ1) is 15.6. The van der Waals surface area contributed by atoms with Gasteiger partial charge in [-0.05, 0) is 30.7 Å². The number of benzene rings is 2. The monoisotopic (exact) mass is 481 g/mol. The van der Waals surface area contributed by atoms with Gasteiger partial charge in [0.15, 0.2) is 0 Å². The van der Waals surface area contributed by atoms with Gasteiger partial charge in [-0.3, -0.25) is 4.79 Å². The number of allylic oxidation sites excluding steroid dienone is 1. The molecule has 0 aromatic heterocycles. The summed E-state index contributed by atoms with van der Waals surface area (Å²) >= 11 is 5.97. The highest BCUT2D eigenvalue weighted by molar-refractivity contribution is 6.30. The first-order valence-corrected chi connectivity index (χ1v) is 10.6. The average Bonchev–Trinajstić information content (AvgIpc) is 2.77. The van der Waals surface area contributed by atoms with E-state index in [1.165, 1.54) is 30.2 Å². The number of ether oxygens (including phenoxy) is 2. The molecule has 0 saturated heterocycles. The van der Waals surface area contributed by atoms with Crippen molar-refractivity contribution >= 4 is 23.5 Å². The van der Waals surface area contributed by atoms with Gasteiger partial charge in [0.05, 0.1) is 17.7 Å². The SMILES string of the molecule is COCCN1C(=O)CC(c2ccc(Cl)cc2)C(C(=O)OCc2ccccc2C(F)(F)F)=C1C. The van der Waals surface area contributed by atoms with Gasteiger partial charge in [-0.1, -0.05) is 41.9 Å². The Labute approximate surface area is 194 Å². The fourth-order valence-corrected chi connectivity index (χ4v) is 3.99. The highest BCUT2D eigenvalue weighted by Gasteiger charge is 2.37. The molecule has 33 heavy (non-hydrogen) atoms. The summed E-state index contributed by atoms with van der Waals surface area (Å²) in [5.41, 5.74) is 0.275. The van der Waals surface area contributed by atoms with Crippen LogP contribution in [0.5, 0.6) is 0 Å². The molecule has 1 aliphatic heterocycles. The van der Waals surface area contributed by atoms with Crippen LogP contribution in [0.2, 0.25) is 5.02 Å². The number of methoxy groups -OCH3 is 1. The molecule has 1 heterocycles. The number of carbonyl (C=O) groups excluding carboxylic acids is 2. The van der Waals surface area contributed by atoms with E-state index in [2.05, 4.69) is 0 Å². The summed E-state index contributed by atoms with van der Waals surface area (Å²) in [6, 6.07) is 11.7. The molecule has 9 heteroatoms. The van der Waals surface area contributed by atoms with Crippen molar-refractivity contribution in [1.29, 1.82) is 0 Å². The highest BCUT2D eigenvalue weighted by atomic mass is 35.5. The van der Waals surface area contributed by atoms with Crippen molar-refractivity contribution in [2.75, 3.05) is 20.3 Å². The van der Waals surface area contributed by atoms with Crippen molar-refractivity contribution in [2.45, 2.75) is 32.0 Å². The Kier molecular flexibility index (Phi) is 7.81. The second-order valence-corrected chi connectivity index (χ2v) is 8.01. The van der Waals surface area contributed by atoms with Gasteiger partial charge in [-0.2, -0.15) is 13.2 Å². The molecule has 1 aliphatic rings. The number of nitrogens with zero attached hydrogens (tertiary/aromatic N) is 1. The zero-order valence-electron chi connectivity index (χ0n) is 18.1. The smallest absolute Gasteiger partial charge is 0.416 e. The van der Waals surface area contributed by atoms with Crippen molar-refractivity contribution in [2.24, 2.45) is 0 Å². The van der Waals surface area contributed by atoms with Gasteiger partial charge < -0.3 is 14.4 Å². The van der Waals surface area contributed by atoms with E-state index < -0.39 is 30.2 Å². The van der Waals surface area contributed by atoms with E-state index in [0.29, 0.717) is 16.3 Å². The maximum Gasteiger partial charge on any atom is 0.416 e. The fraction of sp³-hybridized carbons (Fsp3) is 0.333. The molecule has 5 nitrogen and oxygen atoms in total. The van der Waals surface area contributed by atoms with Crippen LogP contribution in [0.4, 0.5) is 13.2 Å². The Hall–Kier alpha value is -2.84. The van der Waals surface area contributed by atoms with E-state index in [-0.39, 0.29) is 36.6 Å². The minimum absolute atomic E-state index is 0.00621. The van der Waals surface area contributed by atoms with E-state index >= 15 is 0 Å². The lowest BCUT2D eigenvalue weighted by Gasteiger charge is -2.34. The maximum atomic E-state index is 13.3. The number of esters is 1. The van der Waals surface area contributed by atoms with Crippen molar-refractivity contribution in [3.05, 3.63) is 81.5 Å². The molecule has 0 radical (unpaired) electrons. The summed E-state index contributed by atoms with van der Waals surface area (Å²) in [7, 11) is 1.50. The van der Waals surface area contributed by atoms with E-state index in [9.17, 15) is 22.8 Å². The Bertz CT molecular complexity index is 1050. The van der Waals surface area contributed by atoms with Crippen LogP contribution in [0.15, 0.2) is 59.8 Å². The molecule has 2 aromatic carbocycles. The number of hydrogen-bond donors (Lipinski definition) is 0. The molecule has 176 valence electrons. The molecule has 1 amide bonds. The normalized spacial score (nSPS) is 16.8. The first-order valence-electron chi connectivity index (χ1n) is 10.2. The maximum absolute atomic E-state index is 13.3. The molecule has 0 aliphatic carbocycles. The fourth-order valence-electron chi connectivity index (χ4n) is 3.86. The van der Waals surface area contributed by atoms with Crippen LogP contribution >= 0.6 is 11.6 Å². The van der Waals surface area contributed by atoms with Crippen LogP contribution in [-0.2, 0) is 31.8 Å². The van der Waals surface area contributed by atoms with E-state index in [1.807, 2.05) is 0 Å². The quantitative estimate of drug-likeness (QED) is 0.501. The summed E-state index contributed by atoms with van der Waals surface area (Å²) in [6.45, 7) is 1.57. The van der Waals surface area contributed by atoms with Crippen molar-refractivity contribution < 1.29 is 32.2 Å². The summed E-state index contributed by atoms with van der Waals surface area (Å²) in [6.07, 6.45) is -4.56. The molecular formula is C24H23ClF3NO4. The number of rotatable bonds is 7. The predicted molar refractivity (Wildman–Crippen MR) is 116 cm³/mol. The molecule has 2 aromatic rings. The Morgan fingerprint density at radius 2 is 1.82 bits per heavy atom. The van der Waals surface area contributed by atoms with E-state index in [0.717, 1.165) is 6.07 Å². The summed E-state index contributed by atoms with van der Waals surface area (Å²) < 4.78 is 50.3. The lowest BCUT2D eigenvalue weighted by atomic mass is 9.83. The van der Waals surface area contributed by atoms with Crippen LogP contribution < -0.4 is 0 Å². The summed E-state index contributed by atoms with van der Waals surface area (Å²) in [4.78, 5) is 27.4. The van der Waals surface area contributed by atoms with Crippen LogP contribution in [0.3, 0.4) is 0 Å². The largest absolute Gasteiger partial charge is 0.457 e. The van der Waals surface area contributed by atoms with Gasteiger partial charge in [0.1, 0.15) is 6.61 Å². The number of carbonyl (C=O) groups is 2. The molecule has 0 bridgehead atoms. The molecule has 0 saturated carbocycles. The van der Waals surface area contributed by atoms with E-state index in [4.69, 9.17) is 21.1 Å². The van der Waals surface area contributed by atoms with Gasteiger partial charge in [-0.15, -0.1) is 0 Å². The molecule has 3 rings (SSSR count). The zero-order chi connectivity index (χ0) is 24.2. The Balaban J connectivity index is 1.94. The lowest BCUT2D eigenvalue weighted by molar-refractivity contribution is -0.145. The van der Waals surface area contributed by atoms with Crippen molar-refractivity contribution in [3.8, 4) is 0 Å². The number of alkyl halides is 3. The zero-order valence-corrected chi connectivity index (χ0v) is 18.9. The third-order valence-corrected chi connectivity index (χ3v) is 5.77. The third kappa shape index (κ3) is 5.75. The van der Waals surface area contributed by atoms with Gasteiger partial charge >= 0.3 is 12.1 Å². The topological polar surface area (TPSA) is 55.8 Å². The molecule has 0 spiro atoms.